The number of thiophene rings is 1. The molecule has 1 aromatic heterocycles. The van der Waals surface area contributed by atoms with Gasteiger partial charge in [0.25, 0.3) is 0 Å². The second-order valence-corrected chi connectivity index (χ2v) is 6.87. The Balaban J connectivity index is 2.00. The predicted octanol–water partition coefficient (Wildman–Crippen LogP) is 3.96. The summed E-state index contributed by atoms with van der Waals surface area (Å²) < 4.78 is 1.14. The molecule has 0 spiro atoms. The van der Waals surface area contributed by atoms with Gasteiger partial charge in [-0.05, 0) is 47.0 Å². The maximum Gasteiger partial charge on any atom is 0.0760 e. The van der Waals surface area contributed by atoms with Crippen molar-refractivity contribution in [2.45, 2.75) is 25.4 Å². The zero-order valence-corrected chi connectivity index (χ0v) is 13.2. The fourth-order valence-electron chi connectivity index (χ4n) is 2.93. The molecular formula is C15H17BrN2S. The van der Waals surface area contributed by atoms with Crippen molar-refractivity contribution in [2.75, 3.05) is 11.4 Å². The Kier molecular flexibility index (Phi) is 3.65. The van der Waals surface area contributed by atoms with Crippen LogP contribution >= 0.6 is 27.3 Å². The predicted molar refractivity (Wildman–Crippen MR) is 85.9 cm³/mol. The molecule has 2 aromatic rings. The van der Waals surface area contributed by atoms with Crippen LogP contribution in [0.5, 0.6) is 0 Å². The van der Waals surface area contributed by atoms with Gasteiger partial charge in [0.15, 0.2) is 0 Å². The topological polar surface area (TPSA) is 29.3 Å². The minimum absolute atomic E-state index is 0.273. The summed E-state index contributed by atoms with van der Waals surface area (Å²) in [5.41, 5.74) is 8.84. The lowest BCUT2D eigenvalue weighted by Crippen LogP contribution is -2.37. The van der Waals surface area contributed by atoms with Gasteiger partial charge in [0, 0.05) is 33.0 Å². The molecule has 0 amide bonds. The molecule has 1 aliphatic rings. The van der Waals surface area contributed by atoms with Gasteiger partial charge >= 0.3 is 0 Å². The molecule has 1 aromatic carbocycles. The molecule has 3 rings (SSSR count). The summed E-state index contributed by atoms with van der Waals surface area (Å²) in [7, 11) is 0. The monoisotopic (exact) mass is 336 g/mol. The third-order valence-electron chi connectivity index (χ3n) is 3.74. The Hall–Kier alpha value is -0.840. The van der Waals surface area contributed by atoms with Gasteiger partial charge in [0.2, 0.25) is 0 Å². The minimum Gasteiger partial charge on any atom is -0.359 e. The van der Waals surface area contributed by atoms with Crippen LogP contribution in [-0.2, 0) is 6.42 Å². The number of hydrogen-bond donors (Lipinski definition) is 1. The maximum absolute atomic E-state index is 6.06. The molecule has 0 bridgehead atoms. The van der Waals surface area contributed by atoms with Crippen LogP contribution in [-0.4, -0.2) is 12.6 Å². The molecule has 2 heterocycles. The highest BCUT2D eigenvalue weighted by Crippen LogP contribution is 2.40. The number of hydrogen-bond acceptors (Lipinski definition) is 3. The van der Waals surface area contributed by atoms with E-state index in [4.69, 9.17) is 5.73 Å². The van der Waals surface area contributed by atoms with E-state index in [1.165, 1.54) is 16.1 Å². The molecule has 0 radical (unpaired) electrons. The lowest BCUT2D eigenvalue weighted by molar-refractivity contribution is 0.575. The lowest BCUT2D eigenvalue weighted by atomic mass is 10.1. The Morgan fingerprint density at radius 2 is 2.26 bits per heavy atom. The van der Waals surface area contributed by atoms with Crippen molar-refractivity contribution < 1.29 is 0 Å². The minimum atomic E-state index is 0.273. The molecule has 2 nitrogen and oxygen atoms in total. The fraction of sp³-hybridized carbons (Fsp3) is 0.333. The molecule has 2 N–H and O–H groups in total. The molecule has 2 atom stereocenters. The second kappa shape index (κ2) is 5.27. The average molecular weight is 337 g/mol. The van der Waals surface area contributed by atoms with Crippen molar-refractivity contribution in [1.29, 1.82) is 0 Å². The van der Waals surface area contributed by atoms with E-state index in [-0.39, 0.29) is 6.04 Å². The van der Waals surface area contributed by atoms with E-state index >= 15 is 0 Å². The number of nitrogens with zero attached hydrogens (tertiary/aromatic N) is 1. The maximum atomic E-state index is 6.06. The van der Waals surface area contributed by atoms with Crippen molar-refractivity contribution in [2.24, 2.45) is 5.73 Å². The third kappa shape index (κ3) is 2.33. The van der Waals surface area contributed by atoms with Crippen LogP contribution in [0.1, 0.15) is 23.4 Å². The molecule has 4 heteroatoms. The Morgan fingerprint density at radius 1 is 1.47 bits per heavy atom. The standard InChI is InChI=1S/C15H17BrN2S/c1-10-6-11-4-2-3-5-13(11)18(10)14(8-17)15-7-12(16)9-19-15/h2-5,7,9-10,14H,6,8,17H2,1H3. The number of rotatable bonds is 3. The molecule has 0 aliphatic carbocycles. The van der Waals surface area contributed by atoms with Crippen molar-refractivity contribution in [3.8, 4) is 0 Å². The normalized spacial score (nSPS) is 19.5. The second-order valence-electron chi connectivity index (χ2n) is 5.01. The Bertz CT molecular complexity index is 581. The summed E-state index contributed by atoms with van der Waals surface area (Å²) in [6.45, 7) is 2.93. The zero-order chi connectivity index (χ0) is 13.4. The number of benzene rings is 1. The third-order valence-corrected chi connectivity index (χ3v) is 5.53. The van der Waals surface area contributed by atoms with Crippen LogP contribution in [0.25, 0.3) is 0 Å². The summed E-state index contributed by atoms with van der Waals surface area (Å²) in [6, 6.07) is 11.6. The first kappa shape index (κ1) is 13.2. The molecule has 19 heavy (non-hydrogen) atoms. The van der Waals surface area contributed by atoms with Crippen molar-refractivity contribution in [3.63, 3.8) is 0 Å². The van der Waals surface area contributed by atoms with Gasteiger partial charge in [0.05, 0.1) is 6.04 Å². The van der Waals surface area contributed by atoms with Gasteiger partial charge in [-0.1, -0.05) is 18.2 Å². The number of halogens is 1. The summed E-state index contributed by atoms with van der Waals surface area (Å²) in [5.74, 6) is 0. The van der Waals surface area contributed by atoms with Gasteiger partial charge < -0.3 is 10.6 Å². The Labute approximate surface area is 126 Å². The van der Waals surface area contributed by atoms with Crippen molar-refractivity contribution in [3.05, 3.63) is 50.6 Å². The zero-order valence-electron chi connectivity index (χ0n) is 10.8. The molecule has 100 valence electrons. The summed E-state index contributed by atoms with van der Waals surface area (Å²) in [4.78, 5) is 3.81. The summed E-state index contributed by atoms with van der Waals surface area (Å²) in [6.07, 6.45) is 1.11. The molecular weight excluding hydrogens is 320 g/mol. The van der Waals surface area contributed by atoms with Crippen LogP contribution in [0.4, 0.5) is 5.69 Å². The molecule has 2 unspecified atom stereocenters. The number of fused-ring (bicyclic) bond motifs is 1. The number of nitrogens with two attached hydrogens (primary N) is 1. The van der Waals surface area contributed by atoms with E-state index in [0.29, 0.717) is 12.6 Å². The van der Waals surface area contributed by atoms with E-state index in [9.17, 15) is 0 Å². The van der Waals surface area contributed by atoms with Gasteiger partial charge in [-0.2, -0.15) is 0 Å². The molecule has 1 aliphatic heterocycles. The van der Waals surface area contributed by atoms with Crippen LogP contribution in [0, 0.1) is 0 Å². The first-order valence-corrected chi connectivity index (χ1v) is 8.18. The van der Waals surface area contributed by atoms with Crippen LogP contribution in [0.2, 0.25) is 0 Å². The van der Waals surface area contributed by atoms with Crippen LogP contribution in [0.3, 0.4) is 0 Å². The van der Waals surface area contributed by atoms with Crippen molar-refractivity contribution in [1.82, 2.24) is 0 Å². The van der Waals surface area contributed by atoms with Gasteiger partial charge in [-0.25, -0.2) is 0 Å². The first-order chi connectivity index (χ1) is 9.20. The quantitative estimate of drug-likeness (QED) is 0.919. The van der Waals surface area contributed by atoms with Gasteiger partial charge in [-0.3, -0.25) is 0 Å². The van der Waals surface area contributed by atoms with Crippen molar-refractivity contribution >= 4 is 33.0 Å². The average Bonchev–Trinajstić information content (AvgIpc) is 2.96. The van der Waals surface area contributed by atoms with E-state index in [1.54, 1.807) is 11.3 Å². The lowest BCUT2D eigenvalue weighted by Gasteiger charge is -2.33. The highest BCUT2D eigenvalue weighted by molar-refractivity contribution is 9.10. The first-order valence-electron chi connectivity index (χ1n) is 6.51. The Morgan fingerprint density at radius 3 is 2.95 bits per heavy atom. The smallest absolute Gasteiger partial charge is 0.0760 e. The largest absolute Gasteiger partial charge is 0.359 e. The highest BCUT2D eigenvalue weighted by atomic mass is 79.9. The van der Waals surface area contributed by atoms with E-state index in [0.717, 1.165) is 10.9 Å². The van der Waals surface area contributed by atoms with Gasteiger partial charge in [0.1, 0.15) is 0 Å². The molecule has 0 saturated carbocycles. The number of para-hydroxylation sites is 1. The van der Waals surface area contributed by atoms with E-state index < -0.39 is 0 Å². The SMILES string of the molecule is CC1Cc2ccccc2N1C(CN)c1cc(Br)cs1. The molecule has 0 fully saturated rings. The van der Waals surface area contributed by atoms with E-state index in [2.05, 4.69) is 63.5 Å². The van der Waals surface area contributed by atoms with Crippen LogP contribution in [0.15, 0.2) is 40.2 Å². The van der Waals surface area contributed by atoms with E-state index in [1.807, 2.05) is 0 Å². The fourth-order valence-corrected chi connectivity index (χ4v) is 4.49. The van der Waals surface area contributed by atoms with Crippen LogP contribution < -0.4 is 10.6 Å². The summed E-state index contributed by atoms with van der Waals surface area (Å²) >= 11 is 5.31. The summed E-state index contributed by atoms with van der Waals surface area (Å²) in [5, 5.41) is 2.13. The highest BCUT2D eigenvalue weighted by Gasteiger charge is 2.32. The molecule has 0 saturated heterocycles. The number of anilines is 1. The van der Waals surface area contributed by atoms with Gasteiger partial charge in [-0.15, -0.1) is 11.3 Å².